The highest BCUT2D eigenvalue weighted by atomic mass is 16.2. The molecule has 1 rings (SSSR count). The molecule has 22 heavy (non-hydrogen) atoms. The standard InChI is InChI=1S/C17H27N3O2/c1-12(2)15(17(22)19-11-5-10-18-4)20-16(21)14-8-6-13(3)7-9-14/h6-9,12,15,18H,5,10-11H2,1-4H3,(H,19,22)(H,20,21). The highest BCUT2D eigenvalue weighted by Gasteiger charge is 2.24. The van der Waals surface area contributed by atoms with E-state index in [0.29, 0.717) is 12.1 Å². The van der Waals surface area contributed by atoms with Gasteiger partial charge in [-0.05, 0) is 45.0 Å². The molecule has 3 N–H and O–H groups in total. The first-order valence-electron chi connectivity index (χ1n) is 7.75. The fourth-order valence-corrected chi connectivity index (χ4v) is 2.05. The second-order valence-electron chi connectivity index (χ2n) is 5.81. The molecule has 1 atom stereocenters. The van der Waals surface area contributed by atoms with E-state index in [4.69, 9.17) is 0 Å². The molecule has 0 aliphatic heterocycles. The van der Waals surface area contributed by atoms with Crippen LogP contribution in [0.15, 0.2) is 24.3 Å². The number of nitrogens with one attached hydrogen (secondary N) is 3. The Hall–Kier alpha value is -1.88. The molecule has 0 bridgehead atoms. The lowest BCUT2D eigenvalue weighted by molar-refractivity contribution is -0.123. The van der Waals surface area contributed by atoms with Crippen molar-refractivity contribution in [3.05, 3.63) is 35.4 Å². The van der Waals surface area contributed by atoms with E-state index in [2.05, 4.69) is 16.0 Å². The summed E-state index contributed by atoms with van der Waals surface area (Å²) in [5.74, 6) is -0.325. The molecule has 2 amide bonds. The van der Waals surface area contributed by atoms with Gasteiger partial charge in [-0.3, -0.25) is 9.59 Å². The molecule has 0 aliphatic carbocycles. The summed E-state index contributed by atoms with van der Waals surface area (Å²) in [6.07, 6.45) is 0.860. The van der Waals surface area contributed by atoms with Gasteiger partial charge in [0.1, 0.15) is 6.04 Å². The molecule has 122 valence electrons. The van der Waals surface area contributed by atoms with Gasteiger partial charge in [-0.1, -0.05) is 31.5 Å². The van der Waals surface area contributed by atoms with E-state index in [1.54, 1.807) is 12.1 Å². The van der Waals surface area contributed by atoms with Crippen molar-refractivity contribution in [2.75, 3.05) is 20.1 Å². The third kappa shape index (κ3) is 5.85. The van der Waals surface area contributed by atoms with Crippen LogP contribution in [0.3, 0.4) is 0 Å². The molecule has 0 saturated heterocycles. The second-order valence-corrected chi connectivity index (χ2v) is 5.81. The highest BCUT2D eigenvalue weighted by Crippen LogP contribution is 2.07. The molecule has 1 aromatic rings. The Labute approximate surface area is 132 Å². The topological polar surface area (TPSA) is 70.2 Å². The predicted octanol–water partition coefficient (Wildman–Crippen LogP) is 1.48. The van der Waals surface area contributed by atoms with E-state index in [1.165, 1.54) is 0 Å². The third-order valence-electron chi connectivity index (χ3n) is 3.45. The van der Waals surface area contributed by atoms with Gasteiger partial charge < -0.3 is 16.0 Å². The Kier molecular flexibility index (Phi) is 7.60. The van der Waals surface area contributed by atoms with E-state index in [1.807, 2.05) is 40.0 Å². The van der Waals surface area contributed by atoms with E-state index < -0.39 is 6.04 Å². The van der Waals surface area contributed by atoms with E-state index in [0.717, 1.165) is 18.5 Å². The molecule has 0 heterocycles. The Bertz CT molecular complexity index is 483. The number of aryl methyl sites for hydroxylation is 1. The molecule has 0 aromatic heterocycles. The lowest BCUT2D eigenvalue weighted by Gasteiger charge is -2.21. The van der Waals surface area contributed by atoms with Crippen LogP contribution in [0.4, 0.5) is 0 Å². The molecule has 1 aromatic carbocycles. The summed E-state index contributed by atoms with van der Waals surface area (Å²) in [5, 5.41) is 8.73. The average Bonchev–Trinajstić information content (AvgIpc) is 2.49. The average molecular weight is 305 g/mol. The summed E-state index contributed by atoms with van der Waals surface area (Å²) in [4.78, 5) is 24.5. The van der Waals surface area contributed by atoms with Gasteiger partial charge in [0.25, 0.3) is 5.91 Å². The van der Waals surface area contributed by atoms with Gasteiger partial charge in [0.15, 0.2) is 0 Å². The van der Waals surface area contributed by atoms with Crippen molar-refractivity contribution in [2.24, 2.45) is 5.92 Å². The highest BCUT2D eigenvalue weighted by molar-refractivity contribution is 5.97. The number of hydrogen-bond acceptors (Lipinski definition) is 3. The van der Waals surface area contributed by atoms with Gasteiger partial charge >= 0.3 is 0 Å². The molecule has 5 nitrogen and oxygen atoms in total. The van der Waals surface area contributed by atoms with Crippen molar-refractivity contribution in [1.82, 2.24) is 16.0 Å². The summed E-state index contributed by atoms with van der Waals surface area (Å²) in [6.45, 7) is 7.27. The minimum absolute atomic E-state index is 0.0266. The number of benzene rings is 1. The van der Waals surface area contributed by atoms with Gasteiger partial charge in [0, 0.05) is 12.1 Å². The van der Waals surface area contributed by atoms with Gasteiger partial charge in [-0.15, -0.1) is 0 Å². The van der Waals surface area contributed by atoms with Crippen LogP contribution in [0.25, 0.3) is 0 Å². The summed E-state index contributed by atoms with van der Waals surface area (Å²) in [6, 6.07) is 6.79. The van der Waals surface area contributed by atoms with Crippen LogP contribution in [0.2, 0.25) is 0 Å². The minimum Gasteiger partial charge on any atom is -0.354 e. The quantitative estimate of drug-likeness (QED) is 0.637. The molecular formula is C17H27N3O2. The van der Waals surface area contributed by atoms with Crippen LogP contribution >= 0.6 is 0 Å². The summed E-state index contributed by atoms with van der Waals surface area (Å²) < 4.78 is 0. The predicted molar refractivity (Wildman–Crippen MR) is 88.8 cm³/mol. The minimum atomic E-state index is -0.525. The Balaban J connectivity index is 2.61. The summed E-state index contributed by atoms with van der Waals surface area (Å²) >= 11 is 0. The van der Waals surface area contributed by atoms with Gasteiger partial charge in [-0.2, -0.15) is 0 Å². The fourth-order valence-electron chi connectivity index (χ4n) is 2.05. The number of amides is 2. The van der Waals surface area contributed by atoms with Crippen LogP contribution in [-0.2, 0) is 4.79 Å². The number of carbonyl (C=O) groups excluding carboxylic acids is 2. The Morgan fingerprint density at radius 1 is 1.09 bits per heavy atom. The maximum Gasteiger partial charge on any atom is 0.251 e. The van der Waals surface area contributed by atoms with E-state index >= 15 is 0 Å². The first kappa shape index (κ1) is 18.2. The first-order valence-corrected chi connectivity index (χ1v) is 7.75. The van der Waals surface area contributed by atoms with Crippen LogP contribution in [-0.4, -0.2) is 38.0 Å². The molecule has 0 aliphatic rings. The molecule has 5 heteroatoms. The summed E-state index contributed by atoms with van der Waals surface area (Å²) in [5.41, 5.74) is 1.67. The van der Waals surface area contributed by atoms with Crippen molar-refractivity contribution in [2.45, 2.75) is 33.2 Å². The van der Waals surface area contributed by atoms with Gasteiger partial charge in [0.05, 0.1) is 0 Å². The number of rotatable bonds is 8. The first-order chi connectivity index (χ1) is 10.5. The zero-order chi connectivity index (χ0) is 16.5. The zero-order valence-electron chi connectivity index (χ0n) is 13.9. The monoisotopic (exact) mass is 305 g/mol. The van der Waals surface area contributed by atoms with Crippen LogP contribution < -0.4 is 16.0 Å². The van der Waals surface area contributed by atoms with Crippen LogP contribution in [0, 0.1) is 12.8 Å². The maximum atomic E-state index is 12.3. The number of hydrogen-bond donors (Lipinski definition) is 3. The van der Waals surface area contributed by atoms with Crippen molar-refractivity contribution in [3.63, 3.8) is 0 Å². The summed E-state index contributed by atoms with van der Waals surface area (Å²) in [7, 11) is 1.88. The SMILES string of the molecule is CNCCCNC(=O)C(NC(=O)c1ccc(C)cc1)C(C)C. The molecule has 0 radical (unpaired) electrons. The van der Waals surface area contributed by atoms with Crippen LogP contribution in [0.1, 0.15) is 36.2 Å². The lowest BCUT2D eigenvalue weighted by Crippen LogP contribution is -2.50. The molecule has 0 saturated carbocycles. The molecular weight excluding hydrogens is 278 g/mol. The van der Waals surface area contributed by atoms with Crippen molar-refractivity contribution in [1.29, 1.82) is 0 Å². The van der Waals surface area contributed by atoms with Gasteiger partial charge in [0.2, 0.25) is 5.91 Å². The third-order valence-corrected chi connectivity index (χ3v) is 3.45. The Morgan fingerprint density at radius 2 is 1.73 bits per heavy atom. The lowest BCUT2D eigenvalue weighted by atomic mass is 10.0. The Morgan fingerprint density at radius 3 is 2.27 bits per heavy atom. The molecule has 0 spiro atoms. The molecule has 0 fully saturated rings. The van der Waals surface area contributed by atoms with Crippen LogP contribution in [0.5, 0.6) is 0 Å². The van der Waals surface area contributed by atoms with Crippen molar-refractivity contribution in [3.8, 4) is 0 Å². The van der Waals surface area contributed by atoms with Crippen molar-refractivity contribution < 1.29 is 9.59 Å². The normalized spacial score (nSPS) is 12.0. The van der Waals surface area contributed by atoms with E-state index in [-0.39, 0.29) is 17.7 Å². The second kappa shape index (κ2) is 9.20. The van der Waals surface area contributed by atoms with Gasteiger partial charge in [-0.25, -0.2) is 0 Å². The largest absolute Gasteiger partial charge is 0.354 e. The molecule has 1 unspecified atom stereocenters. The van der Waals surface area contributed by atoms with E-state index in [9.17, 15) is 9.59 Å². The maximum absolute atomic E-state index is 12.3. The smallest absolute Gasteiger partial charge is 0.251 e. The fraction of sp³-hybridized carbons (Fsp3) is 0.529. The van der Waals surface area contributed by atoms with Crippen molar-refractivity contribution >= 4 is 11.8 Å². The number of carbonyl (C=O) groups is 2. The zero-order valence-corrected chi connectivity index (χ0v) is 13.9.